The number of allylic oxidation sites excluding steroid dienone is 2. The summed E-state index contributed by atoms with van der Waals surface area (Å²) in [6, 6.07) is 12.5. The van der Waals surface area contributed by atoms with Crippen molar-refractivity contribution in [3.63, 3.8) is 0 Å². The van der Waals surface area contributed by atoms with E-state index in [9.17, 15) is 4.79 Å². The van der Waals surface area contributed by atoms with Crippen LogP contribution in [0, 0.1) is 5.41 Å². The van der Waals surface area contributed by atoms with Crippen LogP contribution in [0.25, 0.3) is 5.57 Å². The van der Waals surface area contributed by atoms with Crippen molar-refractivity contribution < 1.29 is 9.53 Å². The minimum Gasteiger partial charge on any atom is -0.495 e. The van der Waals surface area contributed by atoms with Gasteiger partial charge in [-0.05, 0) is 19.1 Å². The number of ketones is 1. The SMILES string of the molecule is COc1cccc(C2=C/C(=N\C(C)=N)c3ccccc3C2=O)c1Cl. The summed E-state index contributed by atoms with van der Waals surface area (Å²) in [4.78, 5) is 17.2. The molecule has 0 atom stereocenters. The number of carbonyl (C=O) groups excluding carboxylic acids is 1. The monoisotopic (exact) mass is 338 g/mol. The molecule has 1 N–H and O–H groups in total. The molecule has 3 rings (SSSR count). The molecule has 0 bridgehead atoms. The zero-order valence-electron chi connectivity index (χ0n) is 13.3. The van der Waals surface area contributed by atoms with Crippen molar-refractivity contribution in [3.05, 3.63) is 70.3 Å². The lowest BCUT2D eigenvalue weighted by atomic mass is 9.85. The van der Waals surface area contributed by atoms with Gasteiger partial charge in [0.15, 0.2) is 5.78 Å². The van der Waals surface area contributed by atoms with Crippen LogP contribution in [0.1, 0.15) is 28.4 Å². The Balaban J connectivity index is 2.24. The van der Waals surface area contributed by atoms with Crippen molar-refractivity contribution in [3.8, 4) is 5.75 Å². The number of Topliss-reactive ketones (excluding diaryl/α,β-unsaturated/α-hetero) is 1. The predicted molar refractivity (Wildman–Crippen MR) is 96.7 cm³/mol. The second-order valence-electron chi connectivity index (χ2n) is 5.34. The van der Waals surface area contributed by atoms with Gasteiger partial charge in [0.05, 0.1) is 17.8 Å². The van der Waals surface area contributed by atoms with Gasteiger partial charge in [-0.1, -0.05) is 48.0 Å². The number of methoxy groups -OCH3 is 1. The molecule has 0 spiro atoms. The van der Waals surface area contributed by atoms with Crippen LogP contribution in [0.2, 0.25) is 5.02 Å². The molecule has 1 aliphatic carbocycles. The number of halogens is 1. The number of carbonyl (C=O) groups is 1. The van der Waals surface area contributed by atoms with E-state index >= 15 is 0 Å². The number of rotatable bonds is 2. The Labute approximate surface area is 145 Å². The van der Waals surface area contributed by atoms with Crippen molar-refractivity contribution in [2.75, 3.05) is 7.11 Å². The molecule has 0 fully saturated rings. The van der Waals surface area contributed by atoms with Crippen molar-refractivity contribution in [1.82, 2.24) is 0 Å². The van der Waals surface area contributed by atoms with Crippen LogP contribution in [0.4, 0.5) is 0 Å². The molecule has 4 nitrogen and oxygen atoms in total. The molecular formula is C19H15ClN2O2. The minimum absolute atomic E-state index is 0.123. The van der Waals surface area contributed by atoms with Crippen LogP contribution in [-0.4, -0.2) is 24.4 Å². The molecule has 0 heterocycles. The third-order valence-corrected chi connectivity index (χ3v) is 4.12. The molecule has 120 valence electrons. The van der Waals surface area contributed by atoms with Crippen LogP contribution < -0.4 is 4.74 Å². The number of benzene rings is 2. The fourth-order valence-corrected chi connectivity index (χ4v) is 2.98. The van der Waals surface area contributed by atoms with E-state index in [1.807, 2.05) is 18.2 Å². The summed E-state index contributed by atoms with van der Waals surface area (Å²) in [5, 5.41) is 8.03. The lowest BCUT2D eigenvalue weighted by molar-refractivity contribution is 0.105. The van der Waals surface area contributed by atoms with Crippen LogP contribution in [0.15, 0.2) is 53.5 Å². The maximum Gasteiger partial charge on any atom is 0.194 e. The Hall–Kier alpha value is -2.72. The third-order valence-electron chi connectivity index (χ3n) is 3.73. The molecule has 2 aromatic carbocycles. The summed E-state index contributed by atoms with van der Waals surface area (Å²) >= 11 is 6.39. The number of nitrogens with zero attached hydrogens (tertiary/aromatic N) is 1. The van der Waals surface area contributed by atoms with E-state index in [1.165, 1.54) is 7.11 Å². The van der Waals surface area contributed by atoms with Crippen molar-refractivity contribution in [2.24, 2.45) is 4.99 Å². The van der Waals surface area contributed by atoms with E-state index in [-0.39, 0.29) is 11.6 Å². The Morgan fingerprint density at radius 1 is 1.08 bits per heavy atom. The normalized spacial score (nSPS) is 15.0. The lowest BCUT2D eigenvalue weighted by Crippen LogP contribution is -2.17. The van der Waals surface area contributed by atoms with Crippen molar-refractivity contribution >= 4 is 34.5 Å². The van der Waals surface area contributed by atoms with Gasteiger partial charge < -0.3 is 4.74 Å². The summed E-state index contributed by atoms with van der Waals surface area (Å²) in [6.45, 7) is 1.60. The van der Waals surface area contributed by atoms with E-state index in [1.54, 1.807) is 37.3 Å². The van der Waals surface area contributed by atoms with E-state index in [0.29, 0.717) is 33.2 Å². The Morgan fingerprint density at radius 2 is 1.75 bits per heavy atom. The van der Waals surface area contributed by atoms with E-state index < -0.39 is 0 Å². The number of ether oxygens (including phenoxy) is 1. The number of hydrogen-bond acceptors (Lipinski definition) is 3. The summed E-state index contributed by atoms with van der Waals surface area (Å²) in [5.74, 6) is 0.548. The highest BCUT2D eigenvalue weighted by atomic mass is 35.5. The molecule has 2 aromatic rings. The van der Waals surface area contributed by atoms with Gasteiger partial charge in [0.25, 0.3) is 0 Å². The van der Waals surface area contributed by atoms with Crippen LogP contribution in [-0.2, 0) is 0 Å². The van der Waals surface area contributed by atoms with Gasteiger partial charge in [0, 0.05) is 22.3 Å². The minimum atomic E-state index is -0.123. The summed E-state index contributed by atoms with van der Waals surface area (Å²) in [7, 11) is 1.53. The molecule has 0 radical (unpaired) electrons. The molecule has 0 amide bonds. The maximum absolute atomic E-state index is 12.9. The first-order valence-electron chi connectivity index (χ1n) is 7.35. The largest absolute Gasteiger partial charge is 0.495 e. The van der Waals surface area contributed by atoms with Gasteiger partial charge in [0.2, 0.25) is 0 Å². The molecule has 0 aliphatic heterocycles. The van der Waals surface area contributed by atoms with E-state index in [2.05, 4.69) is 4.99 Å². The third kappa shape index (κ3) is 2.76. The Morgan fingerprint density at radius 3 is 2.42 bits per heavy atom. The van der Waals surface area contributed by atoms with Crippen molar-refractivity contribution in [2.45, 2.75) is 6.92 Å². The summed E-state index contributed by atoms with van der Waals surface area (Å²) in [6.07, 6.45) is 1.68. The molecule has 24 heavy (non-hydrogen) atoms. The average Bonchev–Trinajstić information content (AvgIpc) is 2.58. The maximum atomic E-state index is 12.9. The molecule has 5 heteroatoms. The van der Waals surface area contributed by atoms with E-state index in [0.717, 1.165) is 5.56 Å². The van der Waals surface area contributed by atoms with Gasteiger partial charge in [-0.2, -0.15) is 0 Å². The molecule has 0 saturated heterocycles. The van der Waals surface area contributed by atoms with Gasteiger partial charge >= 0.3 is 0 Å². The van der Waals surface area contributed by atoms with Crippen LogP contribution in [0.3, 0.4) is 0 Å². The highest BCUT2D eigenvalue weighted by Gasteiger charge is 2.27. The molecule has 0 saturated carbocycles. The highest BCUT2D eigenvalue weighted by molar-refractivity contribution is 6.43. The average molecular weight is 339 g/mol. The van der Waals surface area contributed by atoms with E-state index in [4.69, 9.17) is 21.7 Å². The first-order chi connectivity index (χ1) is 11.5. The van der Waals surface area contributed by atoms with Gasteiger partial charge in [-0.25, -0.2) is 4.99 Å². The van der Waals surface area contributed by atoms with Gasteiger partial charge in [-0.3, -0.25) is 10.2 Å². The molecular weight excluding hydrogens is 324 g/mol. The second kappa shape index (κ2) is 6.42. The Kier molecular flexibility index (Phi) is 4.32. The van der Waals surface area contributed by atoms with Gasteiger partial charge in [0.1, 0.15) is 11.6 Å². The smallest absolute Gasteiger partial charge is 0.194 e. The van der Waals surface area contributed by atoms with Crippen molar-refractivity contribution in [1.29, 1.82) is 5.41 Å². The zero-order valence-corrected chi connectivity index (χ0v) is 14.0. The zero-order chi connectivity index (χ0) is 17.3. The molecule has 1 aliphatic rings. The first-order valence-corrected chi connectivity index (χ1v) is 7.73. The molecule has 0 aromatic heterocycles. The topological polar surface area (TPSA) is 62.5 Å². The van der Waals surface area contributed by atoms with Crippen LogP contribution in [0.5, 0.6) is 5.75 Å². The Bertz CT molecular complexity index is 913. The number of aliphatic imine (C=N–C) groups is 1. The molecule has 0 unspecified atom stereocenters. The predicted octanol–water partition coefficient (Wildman–Crippen LogP) is 4.41. The number of amidine groups is 1. The number of nitrogens with one attached hydrogen (secondary N) is 1. The fourth-order valence-electron chi connectivity index (χ4n) is 2.68. The second-order valence-corrected chi connectivity index (χ2v) is 5.71. The van der Waals surface area contributed by atoms with Crippen LogP contribution >= 0.6 is 11.6 Å². The summed E-state index contributed by atoms with van der Waals surface area (Å²) in [5.41, 5.74) is 2.88. The quantitative estimate of drug-likeness (QED) is 0.651. The highest BCUT2D eigenvalue weighted by Crippen LogP contribution is 2.36. The van der Waals surface area contributed by atoms with Gasteiger partial charge in [-0.15, -0.1) is 0 Å². The standard InChI is InChI=1S/C19H15ClN2O2/c1-11(21)22-16-10-15(13-8-5-9-17(24-2)18(13)20)19(23)14-7-4-3-6-12(14)16/h3-10,21H,1-2H3/b21-11?,22-16+. The number of hydrogen-bond donors (Lipinski definition) is 1. The number of fused-ring (bicyclic) bond motifs is 1. The lowest BCUT2D eigenvalue weighted by Gasteiger charge is -2.19. The first kappa shape index (κ1) is 16.1. The fraction of sp³-hybridized carbons (Fsp3) is 0.105. The summed E-state index contributed by atoms with van der Waals surface area (Å²) < 4.78 is 5.24.